The molecule has 0 bridgehead atoms. The molecule has 1 heterocycles. The monoisotopic (exact) mass is 255 g/mol. The quantitative estimate of drug-likeness (QED) is 0.554. The zero-order chi connectivity index (χ0) is 13.3. The van der Waals surface area contributed by atoms with E-state index < -0.39 is 18.0 Å². The second-order valence-corrected chi connectivity index (χ2v) is 5.09. The highest BCUT2D eigenvalue weighted by atomic mass is 16.8. The lowest BCUT2D eigenvalue weighted by Gasteiger charge is -2.15. The molecule has 100 valence electrons. The van der Waals surface area contributed by atoms with E-state index in [4.69, 9.17) is 4.74 Å². The first kappa shape index (κ1) is 12.9. The zero-order valence-electron chi connectivity index (χ0n) is 10.5. The van der Waals surface area contributed by atoms with Gasteiger partial charge in [-0.25, -0.2) is 4.79 Å². The third-order valence-electron chi connectivity index (χ3n) is 3.68. The van der Waals surface area contributed by atoms with E-state index in [1.54, 1.807) is 0 Å². The molecule has 1 aliphatic carbocycles. The first-order valence-corrected chi connectivity index (χ1v) is 6.21. The smallest absolute Gasteiger partial charge is 0.429 e. The van der Waals surface area contributed by atoms with E-state index in [9.17, 15) is 14.4 Å². The van der Waals surface area contributed by atoms with E-state index in [1.165, 1.54) is 0 Å². The van der Waals surface area contributed by atoms with Crippen LogP contribution in [0.4, 0.5) is 4.79 Å². The number of carbonyl (C=O) groups is 3. The van der Waals surface area contributed by atoms with Crippen LogP contribution in [0.2, 0.25) is 0 Å². The third-order valence-corrected chi connectivity index (χ3v) is 3.68. The second-order valence-electron chi connectivity index (χ2n) is 5.09. The lowest BCUT2D eigenvalue weighted by Crippen LogP contribution is -2.33. The fraction of sp³-hybridized carbons (Fsp3) is 0.750. The number of amides is 2. The molecule has 1 saturated heterocycles. The van der Waals surface area contributed by atoms with Crippen molar-refractivity contribution >= 4 is 18.0 Å². The molecule has 2 amide bonds. The summed E-state index contributed by atoms with van der Waals surface area (Å²) >= 11 is 0. The number of hydroxylamine groups is 2. The first-order valence-electron chi connectivity index (χ1n) is 6.21. The van der Waals surface area contributed by atoms with Crippen LogP contribution in [0.5, 0.6) is 0 Å². The van der Waals surface area contributed by atoms with Crippen LogP contribution >= 0.6 is 0 Å². The number of imide groups is 1. The molecule has 1 saturated carbocycles. The Labute approximate surface area is 105 Å². The average molecular weight is 255 g/mol. The average Bonchev–Trinajstić information content (AvgIpc) is 2.76. The maximum Gasteiger partial charge on any atom is 0.534 e. The molecule has 2 fully saturated rings. The van der Waals surface area contributed by atoms with Crippen molar-refractivity contribution in [2.45, 2.75) is 45.6 Å². The van der Waals surface area contributed by atoms with E-state index in [-0.39, 0.29) is 18.9 Å². The van der Waals surface area contributed by atoms with Crippen LogP contribution in [0.15, 0.2) is 0 Å². The summed E-state index contributed by atoms with van der Waals surface area (Å²) in [4.78, 5) is 38.6. The van der Waals surface area contributed by atoms with Crippen molar-refractivity contribution in [2.75, 3.05) is 0 Å². The summed E-state index contributed by atoms with van der Waals surface area (Å²) in [6.07, 6.45) is 0.601. The normalized spacial score (nSPS) is 31.9. The highest BCUT2D eigenvalue weighted by Crippen LogP contribution is 2.33. The molecule has 6 heteroatoms. The van der Waals surface area contributed by atoms with Gasteiger partial charge in [0.1, 0.15) is 6.10 Å². The molecular weight excluding hydrogens is 238 g/mol. The number of hydrogen-bond acceptors (Lipinski definition) is 5. The summed E-state index contributed by atoms with van der Waals surface area (Å²) < 4.78 is 5.10. The molecule has 18 heavy (non-hydrogen) atoms. The van der Waals surface area contributed by atoms with Gasteiger partial charge in [0.05, 0.1) is 0 Å². The number of rotatable bonds is 2. The summed E-state index contributed by atoms with van der Waals surface area (Å²) in [7, 11) is 0. The van der Waals surface area contributed by atoms with E-state index in [0.717, 1.165) is 12.8 Å². The molecule has 0 aromatic carbocycles. The Hall–Kier alpha value is -1.59. The van der Waals surface area contributed by atoms with Gasteiger partial charge in [-0.3, -0.25) is 14.4 Å². The van der Waals surface area contributed by atoms with Gasteiger partial charge in [-0.2, -0.15) is 0 Å². The Morgan fingerprint density at radius 3 is 2.11 bits per heavy atom. The molecular formula is C12H17NO5. The van der Waals surface area contributed by atoms with E-state index in [2.05, 4.69) is 18.7 Å². The van der Waals surface area contributed by atoms with Gasteiger partial charge in [-0.15, -0.1) is 0 Å². The minimum Gasteiger partial charge on any atom is -0.429 e. The van der Waals surface area contributed by atoms with Crippen LogP contribution in [0.25, 0.3) is 0 Å². The van der Waals surface area contributed by atoms with Crippen LogP contribution < -0.4 is 0 Å². The van der Waals surface area contributed by atoms with Gasteiger partial charge < -0.3 is 4.74 Å². The maximum absolute atomic E-state index is 11.5. The number of nitrogens with zero attached hydrogens (tertiary/aromatic N) is 1. The van der Waals surface area contributed by atoms with Gasteiger partial charge in [0.25, 0.3) is 11.8 Å². The molecule has 2 aliphatic rings. The van der Waals surface area contributed by atoms with E-state index in [1.807, 2.05) is 0 Å². The summed E-state index contributed by atoms with van der Waals surface area (Å²) in [5, 5.41) is 0.504. The molecule has 3 atom stereocenters. The van der Waals surface area contributed by atoms with Crippen molar-refractivity contribution in [2.24, 2.45) is 11.8 Å². The Bertz CT molecular complexity index is 355. The largest absolute Gasteiger partial charge is 0.534 e. The van der Waals surface area contributed by atoms with Crippen molar-refractivity contribution in [3.8, 4) is 0 Å². The van der Waals surface area contributed by atoms with Crippen LogP contribution in [-0.4, -0.2) is 29.1 Å². The lowest BCUT2D eigenvalue weighted by molar-refractivity contribution is -0.178. The van der Waals surface area contributed by atoms with Gasteiger partial charge in [0, 0.05) is 12.8 Å². The molecule has 1 aliphatic heterocycles. The highest BCUT2D eigenvalue weighted by Gasteiger charge is 2.36. The van der Waals surface area contributed by atoms with Gasteiger partial charge in [-0.05, 0) is 24.7 Å². The Morgan fingerprint density at radius 1 is 1.11 bits per heavy atom. The number of hydrogen-bond donors (Lipinski definition) is 0. The summed E-state index contributed by atoms with van der Waals surface area (Å²) in [6.45, 7) is 4.21. The predicted molar refractivity (Wildman–Crippen MR) is 60.0 cm³/mol. The fourth-order valence-electron chi connectivity index (χ4n) is 2.38. The van der Waals surface area contributed by atoms with Crippen LogP contribution in [0.1, 0.15) is 39.5 Å². The molecule has 0 aromatic heterocycles. The van der Waals surface area contributed by atoms with Crippen molar-refractivity contribution in [3.05, 3.63) is 0 Å². The van der Waals surface area contributed by atoms with Crippen LogP contribution in [-0.2, 0) is 19.2 Å². The summed E-state index contributed by atoms with van der Waals surface area (Å²) in [5.74, 6) is 0.00548. The molecule has 0 aromatic rings. The standard InChI is InChI=1S/C12H17NO5/c1-7-5-9(6-8(7)2)17-12(16)18-13-10(14)3-4-11(13)15/h7-9H,3-6H2,1-2H3/t7-,8+,9+. The van der Waals surface area contributed by atoms with Gasteiger partial charge in [0.2, 0.25) is 0 Å². The van der Waals surface area contributed by atoms with E-state index >= 15 is 0 Å². The molecule has 0 unspecified atom stereocenters. The number of ether oxygens (including phenoxy) is 1. The molecule has 0 spiro atoms. The second kappa shape index (κ2) is 4.96. The van der Waals surface area contributed by atoms with Crippen molar-refractivity contribution in [3.63, 3.8) is 0 Å². The molecule has 2 rings (SSSR count). The van der Waals surface area contributed by atoms with Gasteiger partial charge in [0.15, 0.2) is 0 Å². The Morgan fingerprint density at radius 2 is 1.61 bits per heavy atom. The van der Waals surface area contributed by atoms with Crippen molar-refractivity contribution < 1.29 is 24.0 Å². The summed E-state index contributed by atoms with van der Waals surface area (Å²) in [5.41, 5.74) is 0. The third kappa shape index (κ3) is 2.63. The first-order chi connectivity index (χ1) is 8.47. The van der Waals surface area contributed by atoms with Gasteiger partial charge in [-0.1, -0.05) is 18.9 Å². The predicted octanol–water partition coefficient (Wildman–Crippen LogP) is 1.64. The topological polar surface area (TPSA) is 72.9 Å². The van der Waals surface area contributed by atoms with Crippen molar-refractivity contribution in [1.29, 1.82) is 0 Å². The molecule has 0 N–H and O–H groups in total. The molecule has 6 nitrogen and oxygen atoms in total. The zero-order valence-corrected chi connectivity index (χ0v) is 10.5. The molecule has 0 radical (unpaired) electrons. The van der Waals surface area contributed by atoms with Crippen molar-refractivity contribution in [1.82, 2.24) is 5.06 Å². The SMILES string of the molecule is C[C@@H]1C[C@H](OC(=O)ON2C(=O)CCC2=O)C[C@@H]1C. The lowest BCUT2D eigenvalue weighted by atomic mass is 10.0. The Kier molecular flexibility index (Phi) is 3.54. The minimum absolute atomic E-state index is 0.0869. The fourth-order valence-corrected chi connectivity index (χ4v) is 2.38. The van der Waals surface area contributed by atoms with E-state index in [0.29, 0.717) is 16.9 Å². The Balaban J connectivity index is 1.82. The summed E-state index contributed by atoms with van der Waals surface area (Å²) in [6, 6.07) is 0. The minimum atomic E-state index is -0.968. The maximum atomic E-state index is 11.5. The number of carbonyl (C=O) groups excluding carboxylic acids is 3. The van der Waals surface area contributed by atoms with Crippen LogP contribution in [0.3, 0.4) is 0 Å². The highest BCUT2D eigenvalue weighted by molar-refractivity contribution is 6.01. The van der Waals surface area contributed by atoms with Crippen LogP contribution in [0, 0.1) is 11.8 Å². The van der Waals surface area contributed by atoms with Gasteiger partial charge >= 0.3 is 6.16 Å².